The molecule has 106 valence electrons. The molecule has 0 atom stereocenters. The zero-order valence-electron chi connectivity index (χ0n) is 10.7. The molecule has 0 saturated carbocycles. The van der Waals surface area contributed by atoms with Crippen molar-refractivity contribution in [2.45, 2.75) is 13.0 Å². The summed E-state index contributed by atoms with van der Waals surface area (Å²) in [5.74, 6) is -2.90. The Morgan fingerprint density at radius 3 is 2.10 bits per heavy atom. The second kappa shape index (κ2) is 6.34. The van der Waals surface area contributed by atoms with Crippen molar-refractivity contribution in [3.8, 4) is 5.75 Å². The van der Waals surface area contributed by atoms with Crippen molar-refractivity contribution in [1.29, 1.82) is 0 Å². The summed E-state index contributed by atoms with van der Waals surface area (Å²) in [7, 11) is 0. The van der Waals surface area contributed by atoms with Crippen LogP contribution in [0.25, 0.3) is 0 Å². The van der Waals surface area contributed by atoms with Crippen LogP contribution in [0.4, 0.5) is 14.5 Å². The highest BCUT2D eigenvalue weighted by Crippen LogP contribution is 2.22. The Hall–Kier alpha value is -2.14. The minimum Gasteiger partial charge on any atom is -0.503 e. The number of nitrogens with one attached hydrogen (secondary N) is 1. The van der Waals surface area contributed by atoms with Gasteiger partial charge in [0.1, 0.15) is 0 Å². The smallest absolute Gasteiger partial charge is 0.187 e. The molecule has 0 amide bonds. The monoisotopic (exact) mass is 279 g/mol. The number of hydrogen-bond acceptors (Lipinski definition) is 3. The van der Waals surface area contributed by atoms with Crippen molar-refractivity contribution in [1.82, 2.24) is 0 Å². The molecule has 0 aliphatic carbocycles. The summed E-state index contributed by atoms with van der Waals surface area (Å²) in [5.41, 5.74) is 2.22. The molecule has 2 aromatic rings. The van der Waals surface area contributed by atoms with Crippen LogP contribution in [0.2, 0.25) is 0 Å². The lowest BCUT2D eigenvalue weighted by molar-refractivity contribution is 0.299. The molecule has 0 bridgehead atoms. The van der Waals surface area contributed by atoms with E-state index in [9.17, 15) is 8.78 Å². The van der Waals surface area contributed by atoms with Gasteiger partial charge in [0, 0.05) is 18.8 Å². The van der Waals surface area contributed by atoms with Crippen molar-refractivity contribution in [2.24, 2.45) is 0 Å². The molecule has 0 unspecified atom stereocenters. The van der Waals surface area contributed by atoms with Crippen LogP contribution in [0, 0.1) is 11.6 Å². The van der Waals surface area contributed by atoms with Gasteiger partial charge in [-0.15, -0.1) is 0 Å². The van der Waals surface area contributed by atoms with Crippen LogP contribution in [0.5, 0.6) is 5.75 Å². The molecule has 0 aliphatic heterocycles. The largest absolute Gasteiger partial charge is 0.503 e. The molecule has 3 N–H and O–H groups in total. The predicted molar refractivity (Wildman–Crippen MR) is 72.6 cm³/mol. The molecule has 2 rings (SSSR count). The highest BCUT2D eigenvalue weighted by molar-refractivity contribution is 5.45. The maximum Gasteiger partial charge on any atom is 0.187 e. The highest BCUT2D eigenvalue weighted by atomic mass is 19.1. The quantitative estimate of drug-likeness (QED) is 0.789. The number of halogens is 2. The molecule has 3 nitrogen and oxygen atoms in total. The maximum atomic E-state index is 13.2. The van der Waals surface area contributed by atoms with Gasteiger partial charge >= 0.3 is 0 Å². The summed E-state index contributed by atoms with van der Waals surface area (Å²) in [6.45, 7) is 0.340. The number of hydrogen-bond donors (Lipinski definition) is 3. The number of aliphatic hydroxyl groups is 1. The Kier molecular flexibility index (Phi) is 4.53. The van der Waals surface area contributed by atoms with E-state index in [1.165, 1.54) is 0 Å². The minimum absolute atomic E-state index is 0.0961. The molecule has 0 aromatic heterocycles. The number of aromatic hydroxyl groups is 1. The van der Waals surface area contributed by atoms with Gasteiger partial charge in [-0.25, -0.2) is 8.78 Å². The predicted octanol–water partition coefficient (Wildman–Crippen LogP) is 2.82. The Balaban J connectivity index is 2.01. The third-order valence-electron chi connectivity index (χ3n) is 2.93. The average Bonchev–Trinajstić information content (AvgIpc) is 2.44. The fraction of sp³-hybridized carbons (Fsp3) is 0.200. The summed E-state index contributed by atoms with van der Waals surface area (Å²) in [4.78, 5) is 0. The molecule has 0 spiro atoms. The normalized spacial score (nSPS) is 10.6. The van der Waals surface area contributed by atoms with Gasteiger partial charge < -0.3 is 15.5 Å². The van der Waals surface area contributed by atoms with E-state index in [1.807, 2.05) is 24.3 Å². The zero-order valence-corrected chi connectivity index (χ0v) is 10.7. The van der Waals surface area contributed by atoms with Crippen LogP contribution in [0.15, 0.2) is 36.4 Å². The second-order valence-electron chi connectivity index (χ2n) is 4.43. The summed E-state index contributed by atoms with van der Waals surface area (Å²) in [6, 6.07) is 9.58. The molecule has 20 heavy (non-hydrogen) atoms. The SMILES string of the molecule is OCCc1ccc(NCc2cc(F)c(O)c(F)c2)cc1. The maximum absolute atomic E-state index is 13.2. The average molecular weight is 279 g/mol. The summed E-state index contributed by atoms with van der Waals surface area (Å²) in [6.07, 6.45) is 0.592. The third-order valence-corrected chi connectivity index (χ3v) is 2.93. The summed E-state index contributed by atoms with van der Waals surface area (Å²) < 4.78 is 26.3. The second-order valence-corrected chi connectivity index (χ2v) is 4.43. The Morgan fingerprint density at radius 2 is 1.55 bits per heavy atom. The number of rotatable bonds is 5. The van der Waals surface area contributed by atoms with Gasteiger partial charge in [-0.3, -0.25) is 0 Å². The van der Waals surface area contributed by atoms with Gasteiger partial charge in [0.15, 0.2) is 17.4 Å². The molecule has 2 aromatic carbocycles. The summed E-state index contributed by atoms with van der Waals surface area (Å²) >= 11 is 0. The van der Waals surface area contributed by atoms with Crippen LogP contribution in [-0.2, 0) is 13.0 Å². The van der Waals surface area contributed by atoms with Crippen LogP contribution in [-0.4, -0.2) is 16.8 Å². The van der Waals surface area contributed by atoms with Gasteiger partial charge in [0.25, 0.3) is 0 Å². The fourth-order valence-electron chi connectivity index (χ4n) is 1.84. The van der Waals surface area contributed by atoms with Crippen LogP contribution in [0.3, 0.4) is 0 Å². The number of benzene rings is 2. The Labute approximate surface area is 115 Å². The van der Waals surface area contributed by atoms with E-state index < -0.39 is 17.4 Å². The number of phenols is 1. The van der Waals surface area contributed by atoms with E-state index in [0.717, 1.165) is 23.4 Å². The minimum atomic E-state index is -0.972. The van der Waals surface area contributed by atoms with Crippen molar-refractivity contribution in [3.05, 3.63) is 59.2 Å². The van der Waals surface area contributed by atoms with Crippen molar-refractivity contribution < 1.29 is 19.0 Å². The molecule has 0 fully saturated rings. The van der Waals surface area contributed by atoms with Gasteiger partial charge in [-0.1, -0.05) is 12.1 Å². The van der Waals surface area contributed by atoms with E-state index in [0.29, 0.717) is 12.0 Å². The first kappa shape index (κ1) is 14.3. The highest BCUT2D eigenvalue weighted by Gasteiger charge is 2.09. The molecular weight excluding hydrogens is 264 g/mol. The van der Waals surface area contributed by atoms with Crippen molar-refractivity contribution in [2.75, 3.05) is 11.9 Å². The van der Waals surface area contributed by atoms with Crippen LogP contribution in [0.1, 0.15) is 11.1 Å². The number of anilines is 1. The lowest BCUT2D eigenvalue weighted by atomic mass is 10.1. The van der Waals surface area contributed by atoms with Crippen LogP contribution < -0.4 is 5.32 Å². The van der Waals surface area contributed by atoms with Gasteiger partial charge in [0.2, 0.25) is 0 Å². The number of aliphatic hydroxyl groups excluding tert-OH is 1. The fourth-order valence-corrected chi connectivity index (χ4v) is 1.84. The molecule has 5 heteroatoms. The van der Waals surface area contributed by atoms with Gasteiger partial charge in [0.05, 0.1) is 0 Å². The molecular formula is C15H15F2NO2. The van der Waals surface area contributed by atoms with E-state index in [4.69, 9.17) is 10.2 Å². The molecule has 0 radical (unpaired) electrons. The van der Waals surface area contributed by atoms with Crippen molar-refractivity contribution >= 4 is 5.69 Å². The van der Waals surface area contributed by atoms with Gasteiger partial charge in [-0.05, 0) is 41.8 Å². The lowest BCUT2D eigenvalue weighted by Crippen LogP contribution is -2.01. The Bertz CT molecular complexity index is 562. The molecule has 0 saturated heterocycles. The first-order valence-corrected chi connectivity index (χ1v) is 6.20. The molecule has 0 heterocycles. The van der Waals surface area contributed by atoms with E-state index in [-0.39, 0.29) is 13.2 Å². The van der Waals surface area contributed by atoms with E-state index in [1.54, 1.807) is 0 Å². The van der Waals surface area contributed by atoms with E-state index >= 15 is 0 Å². The Morgan fingerprint density at radius 1 is 0.950 bits per heavy atom. The zero-order chi connectivity index (χ0) is 14.5. The van der Waals surface area contributed by atoms with E-state index in [2.05, 4.69) is 5.32 Å². The first-order chi connectivity index (χ1) is 9.60. The first-order valence-electron chi connectivity index (χ1n) is 6.20. The molecule has 0 aliphatic rings. The summed E-state index contributed by atoms with van der Waals surface area (Å²) in [5, 5.41) is 20.8. The topological polar surface area (TPSA) is 52.5 Å². The van der Waals surface area contributed by atoms with Crippen LogP contribution >= 0.6 is 0 Å². The third kappa shape index (κ3) is 3.45. The number of phenolic OH excluding ortho intramolecular Hbond substituents is 1. The van der Waals surface area contributed by atoms with Gasteiger partial charge in [-0.2, -0.15) is 0 Å². The lowest BCUT2D eigenvalue weighted by Gasteiger charge is -2.08. The van der Waals surface area contributed by atoms with Crippen molar-refractivity contribution in [3.63, 3.8) is 0 Å². The standard InChI is InChI=1S/C15H15F2NO2/c16-13-7-11(8-14(17)15(13)20)9-18-12-3-1-10(2-4-12)5-6-19/h1-4,7-8,18-20H,5-6,9H2.